The maximum Gasteiger partial charge on any atom is 0.305 e. The van der Waals surface area contributed by atoms with Gasteiger partial charge in [0.05, 0.1) is 25.4 Å². The molecule has 0 aliphatic rings. The first-order chi connectivity index (χ1) is 35.0. The van der Waals surface area contributed by atoms with E-state index < -0.39 is 12.1 Å². The van der Waals surface area contributed by atoms with Crippen LogP contribution in [0.5, 0.6) is 0 Å². The van der Waals surface area contributed by atoms with Crippen molar-refractivity contribution in [3.05, 3.63) is 24.3 Å². The van der Waals surface area contributed by atoms with Crippen LogP contribution >= 0.6 is 0 Å². The molecule has 6 nitrogen and oxygen atoms in total. The SMILES string of the molecule is CCCCCCCCCCCCCCCCCCCCCCCCC/C=C/C(O)C(CO)NC(=O)CCCCCCC/C=C\CCCCCCCCCCCOC(=O)CCCCCCCCCCCCC. The Labute approximate surface area is 443 Å². The van der Waals surface area contributed by atoms with Crippen LogP contribution in [0.15, 0.2) is 24.3 Å². The van der Waals surface area contributed by atoms with E-state index in [0.29, 0.717) is 19.4 Å². The van der Waals surface area contributed by atoms with Crippen molar-refractivity contribution in [2.45, 2.75) is 366 Å². The van der Waals surface area contributed by atoms with Crippen molar-refractivity contribution < 1.29 is 24.5 Å². The lowest BCUT2D eigenvalue weighted by atomic mass is 10.0. The number of allylic oxidation sites excluding steroid dienone is 3. The quantitative estimate of drug-likeness (QED) is 0.0320. The van der Waals surface area contributed by atoms with Gasteiger partial charge in [0.2, 0.25) is 5.91 Å². The molecule has 0 rings (SSSR count). The average molecular weight is 1000 g/mol. The van der Waals surface area contributed by atoms with Crippen LogP contribution in [-0.4, -0.2) is 47.4 Å². The van der Waals surface area contributed by atoms with Crippen LogP contribution in [0.2, 0.25) is 0 Å². The topological polar surface area (TPSA) is 95.9 Å². The Hall–Kier alpha value is -1.66. The second-order valence-electron chi connectivity index (χ2n) is 22.1. The molecule has 71 heavy (non-hydrogen) atoms. The smallest absolute Gasteiger partial charge is 0.305 e. The molecule has 0 aliphatic carbocycles. The second-order valence-corrected chi connectivity index (χ2v) is 22.1. The number of rotatable bonds is 60. The molecule has 0 heterocycles. The van der Waals surface area contributed by atoms with Gasteiger partial charge in [-0.3, -0.25) is 9.59 Å². The number of carbonyl (C=O) groups excluding carboxylic acids is 2. The molecule has 6 heteroatoms. The van der Waals surface area contributed by atoms with Crippen LogP contribution in [-0.2, 0) is 14.3 Å². The summed E-state index contributed by atoms with van der Waals surface area (Å²) < 4.78 is 5.46. The Kier molecular flexibility index (Phi) is 59.5. The van der Waals surface area contributed by atoms with Gasteiger partial charge in [-0.1, -0.05) is 308 Å². The van der Waals surface area contributed by atoms with Gasteiger partial charge in [-0.25, -0.2) is 0 Å². The summed E-state index contributed by atoms with van der Waals surface area (Å²) in [5.74, 6) is -0.0761. The summed E-state index contributed by atoms with van der Waals surface area (Å²) in [6.45, 7) is 4.91. The van der Waals surface area contributed by atoms with Crippen LogP contribution in [0.1, 0.15) is 354 Å². The lowest BCUT2D eigenvalue weighted by molar-refractivity contribution is -0.143. The first-order valence-corrected chi connectivity index (χ1v) is 32.1. The number of nitrogens with one attached hydrogen (secondary N) is 1. The standard InChI is InChI=1S/C65H125NO5/c1-3-5-7-9-11-13-15-16-17-18-19-20-21-22-23-24-25-28-31-34-38-41-45-49-53-57-63(68)62(61-67)66-64(69)58-54-50-46-42-39-35-32-29-26-27-30-33-36-40-44-48-52-56-60-71-65(70)59-55-51-47-43-37-14-12-10-8-6-4-2/h29,32,53,57,62-63,67-68H,3-28,30-31,33-52,54-56,58-61H2,1-2H3,(H,66,69)/b32-29-,57-53+. The zero-order valence-electron chi connectivity index (χ0n) is 48.0. The van der Waals surface area contributed by atoms with Gasteiger partial charge >= 0.3 is 5.97 Å². The first-order valence-electron chi connectivity index (χ1n) is 32.1. The number of unbranched alkanes of at least 4 members (excludes halogenated alkanes) is 47. The summed E-state index contributed by atoms with van der Waals surface area (Å²) in [6, 6.07) is -0.639. The van der Waals surface area contributed by atoms with E-state index in [1.165, 1.54) is 270 Å². The highest BCUT2D eigenvalue weighted by molar-refractivity contribution is 5.76. The maximum atomic E-state index is 12.5. The lowest BCUT2D eigenvalue weighted by Gasteiger charge is -2.20. The predicted octanol–water partition coefficient (Wildman–Crippen LogP) is 20.2. The van der Waals surface area contributed by atoms with Crippen molar-refractivity contribution in [1.82, 2.24) is 5.32 Å². The summed E-state index contributed by atoms with van der Waals surface area (Å²) in [4.78, 5) is 24.5. The third-order valence-electron chi connectivity index (χ3n) is 15.0. The average Bonchev–Trinajstić information content (AvgIpc) is 3.37. The van der Waals surface area contributed by atoms with Gasteiger partial charge in [-0.15, -0.1) is 0 Å². The number of hydrogen-bond acceptors (Lipinski definition) is 5. The minimum Gasteiger partial charge on any atom is -0.466 e. The predicted molar refractivity (Wildman–Crippen MR) is 310 cm³/mol. The fraction of sp³-hybridized carbons (Fsp3) is 0.908. The monoisotopic (exact) mass is 1000 g/mol. The molecular formula is C65H125NO5. The Morgan fingerprint density at radius 2 is 0.662 bits per heavy atom. The van der Waals surface area contributed by atoms with Gasteiger partial charge in [0.1, 0.15) is 0 Å². The van der Waals surface area contributed by atoms with Crippen LogP contribution in [0, 0.1) is 0 Å². The van der Waals surface area contributed by atoms with E-state index in [4.69, 9.17) is 4.74 Å². The number of carbonyl (C=O) groups is 2. The summed E-state index contributed by atoms with van der Waals surface area (Å²) >= 11 is 0. The van der Waals surface area contributed by atoms with E-state index >= 15 is 0 Å². The largest absolute Gasteiger partial charge is 0.466 e. The number of amides is 1. The van der Waals surface area contributed by atoms with E-state index in [2.05, 4.69) is 31.3 Å². The summed E-state index contributed by atoms with van der Waals surface area (Å²) in [6.07, 6.45) is 75.1. The lowest BCUT2D eigenvalue weighted by Crippen LogP contribution is -2.45. The molecule has 0 fully saturated rings. The van der Waals surface area contributed by atoms with Crippen LogP contribution in [0.25, 0.3) is 0 Å². The minimum absolute atomic E-state index is 0.00244. The van der Waals surface area contributed by atoms with Crippen molar-refractivity contribution in [3.63, 3.8) is 0 Å². The fourth-order valence-corrected chi connectivity index (χ4v) is 10.0. The molecule has 1 amide bonds. The molecule has 0 bridgehead atoms. The van der Waals surface area contributed by atoms with Gasteiger partial charge in [0.15, 0.2) is 0 Å². The van der Waals surface area contributed by atoms with Crippen LogP contribution in [0.4, 0.5) is 0 Å². The van der Waals surface area contributed by atoms with Gasteiger partial charge in [-0.2, -0.15) is 0 Å². The Morgan fingerprint density at radius 3 is 1.00 bits per heavy atom. The molecule has 0 aromatic rings. The zero-order valence-corrected chi connectivity index (χ0v) is 48.0. The normalized spacial score (nSPS) is 12.7. The number of esters is 1. The fourth-order valence-electron chi connectivity index (χ4n) is 10.0. The molecule has 420 valence electrons. The molecule has 3 N–H and O–H groups in total. The van der Waals surface area contributed by atoms with E-state index in [9.17, 15) is 19.8 Å². The summed E-state index contributed by atoms with van der Waals surface area (Å²) in [5, 5.41) is 23.2. The number of aliphatic hydroxyl groups is 2. The molecule has 2 unspecified atom stereocenters. The number of ether oxygens (including phenoxy) is 1. The summed E-state index contributed by atoms with van der Waals surface area (Å²) in [7, 11) is 0. The van der Waals surface area contributed by atoms with E-state index in [-0.39, 0.29) is 18.5 Å². The van der Waals surface area contributed by atoms with Gasteiger partial charge in [-0.05, 0) is 57.8 Å². The maximum absolute atomic E-state index is 12.5. The molecule has 0 radical (unpaired) electrons. The van der Waals surface area contributed by atoms with Crippen molar-refractivity contribution in [2.24, 2.45) is 0 Å². The molecule has 0 saturated carbocycles. The number of aliphatic hydroxyl groups excluding tert-OH is 2. The molecule has 0 saturated heterocycles. The minimum atomic E-state index is -0.854. The van der Waals surface area contributed by atoms with Gasteiger partial charge < -0.3 is 20.3 Å². The van der Waals surface area contributed by atoms with E-state index in [0.717, 1.165) is 57.8 Å². The first kappa shape index (κ1) is 69.3. The van der Waals surface area contributed by atoms with Crippen LogP contribution < -0.4 is 5.32 Å². The molecule has 0 spiro atoms. The Morgan fingerprint density at radius 1 is 0.380 bits per heavy atom. The summed E-state index contributed by atoms with van der Waals surface area (Å²) in [5.41, 5.74) is 0. The van der Waals surface area contributed by atoms with E-state index in [1.54, 1.807) is 6.08 Å². The highest BCUT2D eigenvalue weighted by Gasteiger charge is 2.18. The van der Waals surface area contributed by atoms with Gasteiger partial charge in [0.25, 0.3) is 0 Å². The van der Waals surface area contributed by atoms with E-state index in [1.807, 2.05) is 6.08 Å². The Bertz CT molecular complexity index is 1110. The molecule has 0 aromatic heterocycles. The Balaban J connectivity index is 3.48. The highest BCUT2D eigenvalue weighted by atomic mass is 16.5. The molecule has 0 aromatic carbocycles. The van der Waals surface area contributed by atoms with Crippen molar-refractivity contribution in [1.29, 1.82) is 0 Å². The zero-order chi connectivity index (χ0) is 51.4. The third-order valence-corrected chi connectivity index (χ3v) is 15.0. The second kappa shape index (κ2) is 60.9. The highest BCUT2D eigenvalue weighted by Crippen LogP contribution is 2.18. The molecule has 0 aliphatic heterocycles. The van der Waals surface area contributed by atoms with Crippen molar-refractivity contribution in [2.75, 3.05) is 13.2 Å². The third kappa shape index (κ3) is 57.5. The van der Waals surface area contributed by atoms with Crippen LogP contribution in [0.3, 0.4) is 0 Å². The number of hydrogen-bond donors (Lipinski definition) is 3. The molecule has 2 atom stereocenters. The van der Waals surface area contributed by atoms with Crippen molar-refractivity contribution in [3.8, 4) is 0 Å². The van der Waals surface area contributed by atoms with Crippen molar-refractivity contribution >= 4 is 11.9 Å². The van der Waals surface area contributed by atoms with Gasteiger partial charge in [0, 0.05) is 12.8 Å². The molecular weight excluding hydrogens is 875 g/mol.